The smallest absolute Gasteiger partial charge is 0.231 e. The van der Waals surface area contributed by atoms with E-state index in [-0.39, 0.29) is 12.6 Å². The second-order valence-electron chi connectivity index (χ2n) is 7.03. The number of hydrogen-bond donors (Lipinski definition) is 1. The summed E-state index contributed by atoms with van der Waals surface area (Å²) >= 11 is 0. The molecule has 1 aliphatic rings. The first kappa shape index (κ1) is 18.5. The van der Waals surface area contributed by atoms with Crippen molar-refractivity contribution >= 4 is 0 Å². The second-order valence-corrected chi connectivity index (χ2v) is 7.03. The lowest BCUT2D eigenvalue weighted by molar-refractivity contribution is 0.117. The number of benzene rings is 2. The van der Waals surface area contributed by atoms with Crippen LogP contribution in [0.5, 0.6) is 11.5 Å². The molecule has 0 saturated carbocycles. The number of fused-ring (bicyclic) bond motifs is 1. The van der Waals surface area contributed by atoms with Crippen LogP contribution in [0.4, 0.5) is 4.39 Å². The minimum atomic E-state index is -0.481. The van der Waals surface area contributed by atoms with Crippen molar-refractivity contribution in [3.8, 4) is 17.2 Å². The molecule has 3 aromatic rings. The fraction of sp³-hybridized carbons (Fsp3) is 0.273. The van der Waals surface area contributed by atoms with Gasteiger partial charge in [0.25, 0.3) is 0 Å². The lowest BCUT2D eigenvalue weighted by atomic mass is 10.1. The summed E-state index contributed by atoms with van der Waals surface area (Å²) in [5.74, 6) is 1.22. The molecule has 146 valence electrons. The summed E-state index contributed by atoms with van der Waals surface area (Å²) in [6, 6.07) is 16.5. The first-order valence-electron chi connectivity index (χ1n) is 9.30. The van der Waals surface area contributed by atoms with Crippen molar-refractivity contribution in [2.24, 2.45) is 0 Å². The highest BCUT2D eigenvalue weighted by Crippen LogP contribution is 2.33. The van der Waals surface area contributed by atoms with Crippen LogP contribution < -0.4 is 9.47 Å². The van der Waals surface area contributed by atoms with Crippen LogP contribution in [0.15, 0.2) is 60.8 Å². The van der Waals surface area contributed by atoms with Crippen molar-refractivity contribution in [3.05, 3.63) is 77.9 Å². The number of aromatic nitrogens is 1. The Hall–Kier alpha value is -2.83. The standard InChI is InChI=1S/C22H23FN2O3/c1-16(26)12-24(13-17-8-9-21-22(11-17)28-15-27-21)14-18-5-4-10-25(18)20-7-3-2-6-19(20)23/h2-11,16,26H,12-15H2,1H3/t16-/m0/s1. The molecule has 2 heterocycles. The minimum absolute atomic E-state index is 0.242. The number of aliphatic hydroxyl groups excluding tert-OH is 1. The fourth-order valence-corrected chi connectivity index (χ4v) is 3.51. The molecule has 5 nitrogen and oxygen atoms in total. The Morgan fingerprint density at radius 3 is 2.71 bits per heavy atom. The van der Waals surface area contributed by atoms with Crippen LogP contribution in [0.25, 0.3) is 5.69 Å². The van der Waals surface area contributed by atoms with Crippen LogP contribution in [0.3, 0.4) is 0 Å². The zero-order chi connectivity index (χ0) is 19.5. The highest BCUT2D eigenvalue weighted by molar-refractivity contribution is 5.44. The summed E-state index contributed by atoms with van der Waals surface area (Å²) in [5.41, 5.74) is 2.53. The van der Waals surface area contributed by atoms with Crippen molar-refractivity contribution in [1.29, 1.82) is 0 Å². The van der Waals surface area contributed by atoms with Crippen LogP contribution in [0.1, 0.15) is 18.2 Å². The zero-order valence-corrected chi connectivity index (χ0v) is 15.7. The van der Waals surface area contributed by atoms with Gasteiger partial charge in [0.1, 0.15) is 5.82 Å². The van der Waals surface area contributed by atoms with Gasteiger partial charge in [-0.3, -0.25) is 4.90 Å². The maximum Gasteiger partial charge on any atom is 0.231 e. The average molecular weight is 382 g/mol. The fourth-order valence-electron chi connectivity index (χ4n) is 3.51. The van der Waals surface area contributed by atoms with Gasteiger partial charge in [-0.1, -0.05) is 18.2 Å². The molecular formula is C22H23FN2O3. The molecular weight excluding hydrogens is 359 g/mol. The van der Waals surface area contributed by atoms with E-state index in [1.165, 1.54) is 6.07 Å². The van der Waals surface area contributed by atoms with Gasteiger partial charge in [0, 0.05) is 31.5 Å². The predicted molar refractivity (Wildman–Crippen MR) is 104 cm³/mol. The van der Waals surface area contributed by atoms with Crippen LogP contribution in [0, 0.1) is 5.82 Å². The highest BCUT2D eigenvalue weighted by Gasteiger charge is 2.17. The van der Waals surface area contributed by atoms with Crippen LogP contribution in [0.2, 0.25) is 0 Å². The molecule has 0 bridgehead atoms. The van der Waals surface area contributed by atoms with E-state index in [2.05, 4.69) is 4.90 Å². The Labute approximate surface area is 163 Å². The van der Waals surface area contributed by atoms with Gasteiger partial charge in [0.15, 0.2) is 11.5 Å². The van der Waals surface area contributed by atoms with E-state index in [1.807, 2.05) is 47.2 Å². The topological polar surface area (TPSA) is 46.9 Å². The number of halogens is 1. The number of ether oxygens (including phenoxy) is 2. The molecule has 2 aromatic carbocycles. The van der Waals surface area contributed by atoms with E-state index in [0.717, 1.165) is 22.8 Å². The largest absolute Gasteiger partial charge is 0.454 e. The van der Waals surface area contributed by atoms with Crippen LogP contribution >= 0.6 is 0 Å². The molecule has 1 N–H and O–H groups in total. The van der Waals surface area contributed by atoms with Crippen molar-refractivity contribution < 1.29 is 19.0 Å². The maximum absolute atomic E-state index is 14.3. The first-order valence-corrected chi connectivity index (χ1v) is 9.30. The van der Waals surface area contributed by atoms with Gasteiger partial charge in [-0.15, -0.1) is 0 Å². The molecule has 0 amide bonds. The molecule has 0 unspecified atom stereocenters. The highest BCUT2D eigenvalue weighted by atomic mass is 19.1. The molecule has 1 atom stereocenters. The molecule has 0 aliphatic carbocycles. The van der Waals surface area contributed by atoms with Crippen LogP contribution in [-0.2, 0) is 13.1 Å². The van der Waals surface area contributed by atoms with Crippen molar-refractivity contribution in [1.82, 2.24) is 9.47 Å². The van der Waals surface area contributed by atoms with Crippen molar-refractivity contribution in [2.45, 2.75) is 26.1 Å². The third-order valence-corrected chi connectivity index (χ3v) is 4.70. The van der Waals surface area contributed by atoms with Gasteiger partial charge < -0.3 is 19.1 Å². The monoisotopic (exact) mass is 382 g/mol. The maximum atomic E-state index is 14.3. The predicted octanol–water partition coefficient (Wildman–Crippen LogP) is 3.73. The minimum Gasteiger partial charge on any atom is -0.454 e. The van der Waals surface area contributed by atoms with Gasteiger partial charge in [0.2, 0.25) is 6.79 Å². The summed E-state index contributed by atoms with van der Waals surface area (Å²) in [6.07, 6.45) is 1.38. The summed E-state index contributed by atoms with van der Waals surface area (Å²) in [7, 11) is 0. The van der Waals surface area contributed by atoms with E-state index in [9.17, 15) is 9.50 Å². The SMILES string of the molecule is C[C@H](O)CN(Cc1ccc2c(c1)OCO2)Cc1cccn1-c1ccccc1F. The molecule has 28 heavy (non-hydrogen) atoms. The second kappa shape index (κ2) is 8.04. The van der Waals surface area contributed by atoms with E-state index in [1.54, 1.807) is 19.1 Å². The number of para-hydroxylation sites is 1. The van der Waals surface area contributed by atoms with E-state index < -0.39 is 6.10 Å². The molecule has 0 spiro atoms. The molecule has 0 saturated heterocycles. The number of hydrogen-bond acceptors (Lipinski definition) is 4. The van der Waals surface area contributed by atoms with Gasteiger partial charge in [-0.05, 0) is 48.9 Å². The third kappa shape index (κ3) is 4.03. The summed E-state index contributed by atoms with van der Waals surface area (Å²) in [5, 5.41) is 9.96. The average Bonchev–Trinajstić information content (AvgIpc) is 3.30. The number of rotatable bonds is 7. The Morgan fingerprint density at radius 2 is 1.89 bits per heavy atom. The van der Waals surface area contributed by atoms with E-state index in [4.69, 9.17) is 9.47 Å². The molecule has 1 aliphatic heterocycles. The number of aliphatic hydroxyl groups is 1. The molecule has 0 radical (unpaired) electrons. The summed E-state index contributed by atoms with van der Waals surface area (Å²) in [6.45, 7) is 3.70. The molecule has 0 fully saturated rings. The Balaban J connectivity index is 1.56. The summed E-state index contributed by atoms with van der Waals surface area (Å²) < 4.78 is 26.9. The van der Waals surface area contributed by atoms with Gasteiger partial charge in [-0.25, -0.2) is 4.39 Å². The van der Waals surface area contributed by atoms with Gasteiger partial charge in [0.05, 0.1) is 11.8 Å². The quantitative estimate of drug-likeness (QED) is 0.676. The van der Waals surface area contributed by atoms with Crippen LogP contribution in [-0.4, -0.2) is 34.0 Å². The zero-order valence-electron chi connectivity index (χ0n) is 15.7. The Kier molecular flexibility index (Phi) is 5.32. The Morgan fingerprint density at radius 1 is 1.07 bits per heavy atom. The normalized spacial score (nSPS) is 13.9. The van der Waals surface area contributed by atoms with E-state index in [0.29, 0.717) is 25.3 Å². The van der Waals surface area contributed by atoms with Gasteiger partial charge in [-0.2, -0.15) is 0 Å². The summed E-state index contributed by atoms with van der Waals surface area (Å²) in [4.78, 5) is 2.13. The Bertz CT molecular complexity index is 954. The van der Waals surface area contributed by atoms with Gasteiger partial charge >= 0.3 is 0 Å². The van der Waals surface area contributed by atoms with Crippen molar-refractivity contribution in [3.63, 3.8) is 0 Å². The molecule has 4 rings (SSSR count). The molecule has 1 aromatic heterocycles. The van der Waals surface area contributed by atoms with E-state index >= 15 is 0 Å². The lowest BCUT2D eigenvalue weighted by Crippen LogP contribution is -2.31. The molecule has 6 heteroatoms. The number of nitrogens with zero attached hydrogens (tertiary/aromatic N) is 2. The van der Waals surface area contributed by atoms with Crippen molar-refractivity contribution in [2.75, 3.05) is 13.3 Å². The lowest BCUT2D eigenvalue weighted by Gasteiger charge is -2.25. The third-order valence-electron chi connectivity index (χ3n) is 4.70. The first-order chi connectivity index (χ1) is 13.6.